The number of rotatable bonds is 6. The smallest absolute Gasteiger partial charge is 0.253 e. The van der Waals surface area contributed by atoms with Crippen LogP contribution in [0.4, 0.5) is 0 Å². The third-order valence-electron chi connectivity index (χ3n) is 5.85. The fourth-order valence-electron chi connectivity index (χ4n) is 4.02. The number of thioether (sulfide) groups is 1. The van der Waals surface area contributed by atoms with E-state index in [9.17, 15) is 4.79 Å². The van der Waals surface area contributed by atoms with Crippen molar-refractivity contribution < 1.29 is 14.3 Å². The number of fused-ring (bicyclic) bond motifs is 1. The van der Waals surface area contributed by atoms with E-state index < -0.39 is 0 Å². The van der Waals surface area contributed by atoms with Gasteiger partial charge in [0.25, 0.3) is 5.91 Å². The molecule has 0 saturated carbocycles. The zero-order valence-corrected chi connectivity index (χ0v) is 18.7. The minimum absolute atomic E-state index is 0.120. The molecule has 1 fully saturated rings. The maximum atomic E-state index is 13.0. The van der Waals surface area contributed by atoms with E-state index in [1.165, 1.54) is 16.0 Å². The van der Waals surface area contributed by atoms with E-state index in [0.29, 0.717) is 6.79 Å². The van der Waals surface area contributed by atoms with Crippen molar-refractivity contribution in [3.63, 3.8) is 0 Å². The third-order valence-corrected chi connectivity index (χ3v) is 6.94. The summed E-state index contributed by atoms with van der Waals surface area (Å²) in [5, 5.41) is 0. The summed E-state index contributed by atoms with van der Waals surface area (Å²) < 4.78 is 10.9. The van der Waals surface area contributed by atoms with E-state index in [2.05, 4.69) is 53.4 Å². The van der Waals surface area contributed by atoms with Gasteiger partial charge in [0.2, 0.25) is 6.79 Å². The largest absolute Gasteiger partial charge is 0.454 e. The number of piperazine rings is 1. The van der Waals surface area contributed by atoms with Crippen LogP contribution < -0.4 is 9.47 Å². The molecule has 2 aliphatic rings. The molecule has 0 aliphatic carbocycles. The van der Waals surface area contributed by atoms with E-state index >= 15 is 0 Å². The average Bonchev–Trinajstić information content (AvgIpc) is 3.32. The van der Waals surface area contributed by atoms with Gasteiger partial charge >= 0.3 is 0 Å². The Hall–Kier alpha value is -2.96. The minimum Gasteiger partial charge on any atom is -0.454 e. The quantitative estimate of drug-likeness (QED) is 0.515. The molecule has 0 aromatic heterocycles. The fraction of sp³-hybridized carbons (Fsp3) is 0.269. The predicted octanol–water partition coefficient (Wildman–Crippen LogP) is 4.67. The molecule has 0 bridgehead atoms. The lowest BCUT2D eigenvalue weighted by atomic mass is 10.1. The van der Waals surface area contributed by atoms with Crippen LogP contribution in [0.25, 0.3) is 0 Å². The molecule has 1 saturated heterocycles. The van der Waals surface area contributed by atoms with Crippen molar-refractivity contribution >= 4 is 17.7 Å². The Morgan fingerprint density at radius 1 is 0.812 bits per heavy atom. The van der Waals surface area contributed by atoms with Crippen LogP contribution in [0.3, 0.4) is 0 Å². The first-order valence-corrected chi connectivity index (χ1v) is 11.9. The Balaban J connectivity index is 1.11. The molecule has 3 aromatic carbocycles. The monoisotopic (exact) mass is 446 g/mol. The molecular weight excluding hydrogens is 420 g/mol. The van der Waals surface area contributed by atoms with Gasteiger partial charge in [-0.3, -0.25) is 9.69 Å². The van der Waals surface area contributed by atoms with Gasteiger partial charge in [-0.05, 0) is 47.5 Å². The number of ether oxygens (including phenoxy) is 2. The highest BCUT2D eigenvalue weighted by Gasteiger charge is 2.23. The summed E-state index contributed by atoms with van der Waals surface area (Å²) in [5.41, 5.74) is 3.20. The molecule has 2 heterocycles. The molecule has 0 spiro atoms. The number of amides is 1. The molecule has 164 valence electrons. The average molecular weight is 447 g/mol. The van der Waals surface area contributed by atoms with Gasteiger partial charge in [0.1, 0.15) is 0 Å². The van der Waals surface area contributed by atoms with Crippen LogP contribution in [0.1, 0.15) is 21.5 Å². The van der Waals surface area contributed by atoms with Gasteiger partial charge in [0.05, 0.1) is 0 Å². The third kappa shape index (κ3) is 4.92. The Morgan fingerprint density at radius 2 is 1.53 bits per heavy atom. The van der Waals surface area contributed by atoms with Gasteiger partial charge in [-0.15, -0.1) is 11.8 Å². The molecule has 5 nitrogen and oxygen atoms in total. The lowest BCUT2D eigenvalue weighted by molar-refractivity contribution is 0.0628. The molecule has 3 aromatic rings. The SMILES string of the molecule is O=C(c1ccc(CSc2ccccc2)cc1)N1CCN(Cc2ccc3c(c2)OCO3)CC1. The first-order chi connectivity index (χ1) is 15.7. The zero-order valence-electron chi connectivity index (χ0n) is 17.9. The summed E-state index contributed by atoms with van der Waals surface area (Å²) in [6, 6.07) is 24.5. The zero-order chi connectivity index (χ0) is 21.8. The van der Waals surface area contributed by atoms with E-state index in [0.717, 1.165) is 55.5 Å². The summed E-state index contributed by atoms with van der Waals surface area (Å²) in [4.78, 5) is 18.6. The van der Waals surface area contributed by atoms with Crippen LogP contribution in [0.15, 0.2) is 77.7 Å². The number of nitrogens with zero attached hydrogens (tertiary/aromatic N) is 2. The molecule has 0 unspecified atom stereocenters. The molecule has 0 atom stereocenters. The summed E-state index contributed by atoms with van der Waals surface area (Å²) in [5.74, 6) is 2.66. The van der Waals surface area contributed by atoms with Crippen molar-refractivity contribution in [3.8, 4) is 11.5 Å². The van der Waals surface area contributed by atoms with Gasteiger partial charge in [-0.2, -0.15) is 0 Å². The Morgan fingerprint density at radius 3 is 2.31 bits per heavy atom. The number of hydrogen-bond donors (Lipinski definition) is 0. The molecule has 1 amide bonds. The van der Waals surface area contributed by atoms with Crippen molar-refractivity contribution in [1.82, 2.24) is 9.80 Å². The van der Waals surface area contributed by atoms with Crippen molar-refractivity contribution in [2.24, 2.45) is 0 Å². The lowest BCUT2D eigenvalue weighted by Gasteiger charge is -2.34. The van der Waals surface area contributed by atoms with E-state index in [-0.39, 0.29) is 5.91 Å². The van der Waals surface area contributed by atoms with Crippen LogP contribution >= 0.6 is 11.8 Å². The van der Waals surface area contributed by atoms with Crippen molar-refractivity contribution in [2.75, 3.05) is 33.0 Å². The maximum Gasteiger partial charge on any atom is 0.253 e. The number of benzene rings is 3. The number of carbonyl (C=O) groups is 1. The normalized spacial score (nSPS) is 15.7. The van der Waals surface area contributed by atoms with Gasteiger partial charge in [0, 0.05) is 48.9 Å². The Labute approximate surface area is 192 Å². The van der Waals surface area contributed by atoms with Crippen molar-refractivity contribution in [1.29, 1.82) is 0 Å². The first-order valence-electron chi connectivity index (χ1n) is 10.9. The molecule has 0 radical (unpaired) electrons. The summed E-state index contributed by atoms with van der Waals surface area (Å²) in [6.45, 7) is 4.38. The van der Waals surface area contributed by atoms with E-state index in [1.807, 2.05) is 40.9 Å². The molecule has 0 N–H and O–H groups in total. The number of carbonyl (C=O) groups excluding carboxylic acids is 1. The van der Waals surface area contributed by atoms with Crippen LogP contribution in [0, 0.1) is 0 Å². The lowest BCUT2D eigenvalue weighted by Crippen LogP contribution is -2.48. The predicted molar refractivity (Wildman–Crippen MR) is 126 cm³/mol. The molecule has 5 rings (SSSR count). The second-order valence-electron chi connectivity index (χ2n) is 8.05. The summed E-state index contributed by atoms with van der Waals surface area (Å²) in [7, 11) is 0. The highest BCUT2D eigenvalue weighted by Crippen LogP contribution is 2.33. The van der Waals surface area contributed by atoms with Crippen molar-refractivity contribution in [2.45, 2.75) is 17.2 Å². The second kappa shape index (κ2) is 9.67. The summed E-state index contributed by atoms with van der Waals surface area (Å²) >= 11 is 1.81. The topological polar surface area (TPSA) is 42.0 Å². The van der Waals surface area contributed by atoms with Gasteiger partial charge in [-0.1, -0.05) is 36.4 Å². The summed E-state index contributed by atoms with van der Waals surface area (Å²) in [6.07, 6.45) is 0. The Bertz CT molecular complexity index is 1060. The van der Waals surface area contributed by atoms with Gasteiger partial charge < -0.3 is 14.4 Å². The molecule has 32 heavy (non-hydrogen) atoms. The van der Waals surface area contributed by atoms with Crippen LogP contribution in [0.5, 0.6) is 11.5 Å². The highest BCUT2D eigenvalue weighted by atomic mass is 32.2. The van der Waals surface area contributed by atoms with Crippen LogP contribution in [0.2, 0.25) is 0 Å². The molecule has 2 aliphatic heterocycles. The first kappa shape index (κ1) is 20.9. The van der Waals surface area contributed by atoms with Crippen LogP contribution in [-0.4, -0.2) is 48.7 Å². The van der Waals surface area contributed by atoms with Crippen molar-refractivity contribution in [3.05, 3.63) is 89.5 Å². The second-order valence-corrected chi connectivity index (χ2v) is 9.10. The van der Waals surface area contributed by atoms with E-state index in [1.54, 1.807) is 0 Å². The Kier molecular flexibility index (Phi) is 6.32. The maximum absolute atomic E-state index is 13.0. The fourth-order valence-corrected chi connectivity index (χ4v) is 4.89. The minimum atomic E-state index is 0.120. The van der Waals surface area contributed by atoms with E-state index in [4.69, 9.17) is 9.47 Å². The van der Waals surface area contributed by atoms with Crippen LogP contribution in [-0.2, 0) is 12.3 Å². The highest BCUT2D eigenvalue weighted by molar-refractivity contribution is 7.98. The molecule has 6 heteroatoms. The number of hydrogen-bond acceptors (Lipinski definition) is 5. The molecular formula is C26H26N2O3S. The van der Waals surface area contributed by atoms with Gasteiger partial charge in [0.15, 0.2) is 11.5 Å². The standard InChI is InChI=1S/C26H26N2O3S/c29-26(22-9-6-20(7-10-22)18-32-23-4-2-1-3-5-23)28-14-12-27(13-15-28)17-21-8-11-24-25(16-21)31-19-30-24/h1-11,16H,12-15,17-19H2. The van der Waals surface area contributed by atoms with Gasteiger partial charge in [-0.25, -0.2) is 0 Å².